The smallest absolute Gasteiger partial charge is 0.419 e. The van der Waals surface area contributed by atoms with Gasteiger partial charge in [0.1, 0.15) is 11.6 Å². The normalized spacial score (nSPS) is 11.4. The van der Waals surface area contributed by atoms with Crippen molar-refractivity contribution in [1.29, 1.82) is 0 Å². The van der Waals surface area contributed by atoms with Crippen molar-refractivity contribution in [2.45, 2.75) is 6.92 Å². The lowest BCUT2D eigenvalue weighted by atomic mass is 10.1. The molecule has 2 aromatic carbocycles. The molecule has 0 saturated heterocycles. The Kier molecular flexibility index (Phi) is 3.13. The van der Waals surface area contributed by atoms with E-state index in [9.17, 15) is 9.18 Å². The fraction of sp³-hybridized carbons (Fsp3) is 0.111. The van der Waals surface area contributed by atoms with Crippen LogP contribution in [0, 0.1) is 5.82 Å². The predicted molar refractivity (Wildman–Crippen MR) is 91.5 cm³/mol. The second-order valence-electron chi connectivity index (χ2n) is 5.44. The first-order chi connectivity index (χ1) is 11.6. The van der Waals surface area contributed by atoms with Crippen molar-refractivity contribution >= 4 is 44.6 Å². The number of carbonyl (C=O) groups is 1. The molecule has 0 atom stereocenters. The largest absolute Gasteiger partial charge is 0.449 e. The van der Waals surface area contributed by atoms with Crippen LogP contribution in [0.2, 0.25) is 0 Å². The van der Waals surface area contributed by atoms with Crippen LogP contribution in [0.4, 0.5) is 15.0 Å². The van der Waals surface area contributed by atoms with Crippen molar-refractivity contribution in [2.75, 3.05) is 12.3 Å². The molecule has 2 heterocycles. The predicted octanol–water partition coefficient (Wildman–Crippen LogP) is 4.07. The Morgan fingerprint density at radius 3 is 2.71 bits per heavy atom. The van der Waals surface area contributed by atoms with Crippen LogP contribution >= 0.6 is 0 Å². The summed E-state index contributed by atoms with van der Waals surface area (Å²) < 4.78 is 20.3. The number of hydrogen-bond acceptors (Lipinski definition) is 4. The summed E-state index contributed by atoms with van der Waals surface area (Å²) >= 11 is 0. The second kappa shape index (κ2) is 5.19. The average molecular weight is 323 g/mol. The van der Waals surface area contributed by atoms with E-state index >= 15 is 0 Å². The number of ether oxygens (including phenoxy) is 1. The third-order valence-electron chi connectivity index (χ3n) is 4.04. The molecule has 0 amide bonds. The maximum absolute atomic E-state index is 13.8. The molecule has 0 saturated carbocycles. The van der Waals surface area contributed by atoms with Crippen LogP contribution in [0.15, 0.2) is 42.5 Å². The summed E-state index contributed by atoms with van der Waals surface area (Å²) in [5.41, 5.74) is 7.60. The molecule has 4 rings (SSSR count). The summed E-state index contributed by atoms with van der Waals surface area (Å²) in [7, 11) is 0. The highest BCUT2D eigenvalue weighted by Gasteiger charge is 2.21. The summed E-state index contributed by atoms with van der Waals surface area (Å²) in [6.45, 7) is 1.94. The molecule has 0 aliphatic rings. The molecule has 24 heavy (non-hydrogen) atoms. The first-order valence-corrected chi connectivity index (χ1v) is 7.57. The first-order valence-electron chi connectivity index (χ1n) is 7.57. The summed E-state index contributed by atoms with van der Waals surface area (Å²) in [6.07, 6.45) is -0.570. The molecular formula is C18H14FN3O2. The fourth-order valence-corrected chi connectivity index (χ4v) is 3.08. The lowest BCUT2D eigenvalue weighted by Gasteiger charge is -2.08. The highest BCUT2D eigenvalue weighted by molar-refractivity contribution is 6.20. The molecule has 0 fully saturated rings. The van der Waals surface area contributed by atoms with Gasteiger partial charge in [-0.1, -0.05) is 24.3 Å². The number of halogens is 1. The minimum absolute atomic E-state index is 0.218. The highest BCUT2D eigenvalue weighted by Crippen LogP contribution is 2.35. The maximum atomic E-state index is 13.8. The van der Waals surface area contributed by atoms with Gasteiger partial charge >= 0.3 is 6.09 Å². The maximum Gasteiger partial charge on any atom is 0.419 e. The van der Waals surface area contributed by atoms with Crippen LogP contribution in [0.3, 0.4) is 0 Å². The van der Waals surface area contributed by atoms with Crippen molar-refractivity contribution in [3.63, 3.8) is 0 Å². The monoisotopic (exact) mass is 323 g/mol. The van der Waals surface area contributed by atoms with Gasteiger partial charge in [0, 0.05) is 16.2 Å². The Hall–Kier alpha value is -3.15. The minimum atomic E-state index is -0.570. The van der Waals surface area contributed by atoms with E-state index in [1.165, 1.54) is 16.7 Å². The van der Waals surface area contributed by atoms with Crippen LogP contribution in [0.5, 0.6) is 0 Å². The Bertz CT molecular complexity index is 1120. The minimum Gasteiger partial charge on any atom is -0.449 e. The molecule has 0 bridgehead atoms. The molecule has 0 aliphatic carbocycles. The SMILES string of the molecule is CCOC(=O)n1c2cc(F)ccc2c2nc(N)c3ccccc3c21. The number of nitrogen functional groups attached to an aromatic ring is 1. The number of fused-ring (bicyclic) bond motifs is 5. The summed E-state index contributed by atoms with van der Waals surface area (Å²) in [4.78, 5) is 17.0. The van der Waals surface area contributed by atoms with Gasteiger partial charge < -0.3 is 10.5 Å². The molecule has 5 nitrogen and oxygen atoms in total. The zero-order valence-corrected chi connectivity index (χ0v) is 12.9. The lowest BCUT2D eigenvalue weighted by molar-refractivity contribution is 0.156. The van der Waals surface area contributed by atoms with E-state index in [0.717, 1.165) is 10.8 Å². The van der Waals surface area contributed by atoms with E-state index in [1.54, 1.807) is 13.0 Å². The van der Waals surface area contributed by atoms with Gasteiger partial charge in [0.25, 0.3) is 0 Å². The van der Waals surface area contributed by atoms with Crippen LogP contribution in [0.1, 0.15) is 6.92 Å². The van der Waals surface area contributed by atoms with E-state index in [4.69, 9.17) is 10.5 Å². The van der Waals surface area contributed by atoms with Crippen molar-refractivity contribution in [3.8, 4) is 0 Å². The first kappa shape index (κ1) is 14.4. The third-order valence-corrected chi connectivity index (χ3v) is 4.04. The van der Waals surface area contributed by atoms with Gasteiger partial charge in [-0.2, -0.15) is 0 Å². The molecule has 0 radical (unpaired) electrons. The molecule has 6 heteroatoms. The van der Waals surface area contributed by atoms with Gasteiger partial charge in [-0.15, -0.1) is 0 Å². The summed E-state index contributed by atoms with van der Waals surface area (Å²) in [5.74, 6) is -0.0709. The molecule has 0 unspecified atom stereocenters. The third kappa shape index (κ3) is 1.93. The quantitative estimate of drug-likeness (QED) is 0.573. The molecule has 2 N–H and O–H groups in total. The van der Waals surface area contributed by atoms with Gasteiger partial charge in [-0.05, 0) is 25.1 Å². The zero-order chi connectivity index (χ0) is 16.8. The molecule has 2 aromatic heterocycles. The lowest BCUT2D eigenvalue weighted by Crippen LogP contribution is -2.13. The van der Waals surface area contributed by atoms with Crippen molar-refractivity contribution < 1.29 is 13.9 Å². The second-order valence-corrected chi connectivity index (χ2v) is 5.44. The number of rotatable bonds is 1. The van der Waals surface area contributed by atoms with Crippen LogP contribution in [0.25, 0.3) is 32.7 Å². The average Bonchev–Trinajstić information content (AvgIpc) is 2.89. The van der Waals surface area contributed by atoms with E-state index in [0.29, 0.717) is 27.8 Å². The number of anilines is 1. The van der Waals surface area contributed by atoms with Gasteiger partial charge in [-0.3, -0.25) is 0 Å². The van der Waals surface area contributed by atoms with Crippen LogP contribution in [-0.2, 0) is 4.74 Å². The number of aromatic nitrogens is 2. The number of hydrogen-bond donors (Lipinski definition) is 1. The van der Waals surface area contributed by atoms with E-state index in [2.05, 4.69) is 4.98 Å². The number of carbonyl (C=O) groups excluding carboxylic acids is 1. The highest BCUT2D eigenvalue weighted by atomic mass is 19.1. The van der Waals surface area contributed by atoms with Crippen molar-refractivity contribution in [2.24, 2.45) is 0 Å². The van der Waals surface area contributed by atoms with Gasteiger partial charge in [0.15, 0.2) is 0 Å². The van der Waals surface area contributed by atoms with Crippen LogP contribution in [-0.4, -0.2) is 22.3 Å². The number of nitrogens with zero attached hydrogens (tertiary/aromatic N) is 2. The number of pyridine rings is 1. The van der Waals surface area contributed by atoms with Gasteiger partial charge in [0.2, 0.25) is 0 Å². The Balaban J connectivity index is 2.28. The number of nitrogens with two attached hydrogens (primary N) is 1. The van der Waals surface area contributed by atoms with Crippen molar-refractivity contribution in [1.82, 2.24) is 9.55 Å². The Morgan fingerprint density at radius 2 is 1.96 bits per heavy atom. The standard InChI is InChI=1S/C18H14FN3O2/c1-2-24-18(23)22-14-9-10(19)7-8-13(14)15-16(22)11-5-3-4-6-12(11)17(20)21-15/h3-9H,2H2,1H3,(H2,20,21). The topological polar surface area (TPSA) is 70.1 Å². The fourth-order valence-electron chi connectivity index (χ4n) is 3.08. The van der Waals surface area contributed by atoms with Crippen molar-refractivity contribution in [3.05, 3.63) is 48.3 Å². The van der Waals surface area contributed by atoms with E-state index in [-0.39, 0.29) is 6.61 Å². The number of benzene rings is 2. The molecular weight excluding hydrogens is 309 g/mol. The Labute approximate surface area is 136 Å². The molecule has 0 aliphatic heterocycles. The molecule has 120 valence electrons. The summed E-state index contributed by atoms with van der Waals surface area (Å²) in [6, 6.07) is 11.6. The van der Waals surface area contributed by atoms with Crippen LogP contribution < -0.4 is 5.73 Å². The molecule has 0 spiro atoms. The van der Waals surface area contributed by atoms with E-state index in [1.807, 2.05) is 24.3 Å². The summed E-state index contributed by atoms with van der Waals surface area (Å²) in [5, 5.41) is 2.15. The zero-order valence-electron chi connectivity index (χ0n) is 12.9. The van der Waals surface area contributed by atoms with Gasteiger partial charge in [0.05, 0.1) is 23.2 Å². The molecule has 4 aromatic rings. The van der Waals surface area contributed by atoms with Gasteiger partial charge in [-0.25, -0.2) is 18.7 Å². The Morgan fingerprint density at radius 1 is 1.21 bits per heavy atom. The van der Waals surface area contributed by atoms with E-state index < -0.39 is 11.9 Å².